The lowest BCUT2D eigenvalue weighted by atomic mass is 10.1. The number of halogens is 3. The summed E-state index contributed by atoms with van der Waals surface area (Å²) in [5, 5.41) is 0.364. The lowest BCUT2D eigenvalue weighted by Gasteiger charge is -2.36. The Morgan fingerprint density at radius 1 is 1.10 bits per heavy atom. The fourth-order valence-electron chi connectivity index (χ4n) is 4.30. The number of fused-ring (bicyclic) bond motifs is 1. The summed E-state index contributed by atoms with van der Waals surface area (Å²) in [4.78, 5) is 24.4. The lowest BCUT2D eigenvalue weighted by molar-refractivity contribution is -0.136. The molecule has 2 aromatic carbocycles. The Kier molecular flexibility index (Phi) is 7.51. The Morgan fingerprint density at radius 3 is 2.48 bits per heavy atom. The SMILES string of the molecule is Cc1nsc(NS(=O)(=O)c2ccc(N3CCN(C(=O)COc4ccnc5c(C(F)(F)F)cccc45)CC3)cc2)n1.[HH]. The number of piperazine rings is 1. The lowest BCUT2D eigenvalue weighted by Crippen LogP contribution is -2.50. The number of hydrogen-bond acceptors (Lipinski definition) is 9. The molecule has 0 spiro atoms. The molecule has 0 saturated carbocycles. The summed E-state index contributed by atoms with van der Waals surface area (Å²) in [5.41, 5.74) is -0.303. The number of benzene rings is 2. The zero-order valence-corrected chi connectivity index (χ0v) is 22.7. The molecule has 0 unspecified atom stereocenters. The molecule has 10 nitrogen and oxygen atoms in total. The molecule has 0 radical (unpaired) electrons. The quantitative estimate of drug-likeness (QED) is 0.339. The number of amides is 1. The highest BCUT2D eigenvalue weighted by Gasteiger charge is 2.33. The summed E-state index contributed by atoms with van der Waals surface area (Å²) < 4.78 is 77.2. The van der Waals surface area contributed by atoms with Crippen molar-refractivity contribution < 1.29 is 32.5 Å². The molecule has 1 aliphatic rings. The molecule has 1 aliphatic heterocycles. The first-order chi connectivity index (χ1) is 19.0. The number of rotatable bonds is 7. The van der Waals surface area contributed by atoms with Crippen LogP contribution in [0.1, 0.15) is 12.8 Å². The number of hydrogen-bond donors (Lipinski definition) is 1. The van der Waals surface area contributed by atoms with Gasteiger partial charge in [0.25, 0.3) is 15.9 Å². The molecule has 3 heterocycles. The molecular formula is C25H25F3N6O4S2. The number of carbonyl (C=O) groups is 1. The van der Waals surface area contributed by atoms with Crippen molar-refractivity contribution in [2.45, 2.75) is 18.0 Å². The second kappa shape index (κ2) is 10.9. The van der Waals surface area contributed by atoms with E-state index >= 15 is 0 Å². The predicted molar refractivity (Wildman–Crippen MR) is 145 cm³/mol. The zero-order valence-electron chi connectivity index (χ0n) is 21.1. The van der Waals surface area contributed by atoms with Crippen molar-refractivity contribution in [2.24, 2.45) is 0 Å². The summed E-state index contributed by atoms with van der Waals surface area (Å²) in [7, 11) is -3.81. The molecule has 40 heavy (non-hydrogen) atoms. The van der Waals surface area contributed by atoms with Crippen molar-refractivity contribution in [3.8, 4) is 5.75 Å². The van der Waals surface area contributed by atoms with E-state index in [9.17, 15) is 26.4 Å². The Morgan fingerprint density at radius 2 is 1.82 bits per heavy atom. The van der Waals surface area contributed by atoms with E-state index in [0.29, 0.717) is 32.0 Å². The van der Waals surface area contributed by atoms with Crippen molar-refractivity contribution in [3.05, 3.63) is 66.1 Å². The van der Waals surface area contributed by atoms with Gasteiger partial charge < -0.3 is 14.5 Å². The Hall–Kier alpha value is -3.98. The van der Waals surface area contributed by atoms with E-state index in [1.807, 2.05) is 4.90 Å². The van der Waals surface area contributed by atoms with Crippen molar-refractivity contribution >= 4 is 49.2 Å². The van der Waals surface area contributed by atoms with E-state index in [1.54, 1.807) is 24.0 Å². The second-order valence-corrected chi connectivity index (χ2v) is 11.3. The number of carbonyl (C=O) groups excluding carboxylic acids is 1. The van der Waals surface area contributed by atoms with Gasteiger partial charge in [0.15, 0.2) is 6.61 Å². The van der Waals surface area contributed by atoms with Crippen LogP contribution in [0.3, 0.4) is 0 Å². The van der Waals surface area contributed by atoms with Gasteiger partial charge in [0, 0.05) is 56.4 Å². The largest absolute Gasteiger partial charge is 0.483 e. The van der Waals surface area contributed by atoms with Crippen LogP contribution in [0.15, 0.2) is 59.6 Å². The minimum Gasteiger partial charge on any atom is -0.483 e. The summed E-state index contributed by atoms with van der Waals surface area (Å²) in [6.45, 7) is 3.15. The number of nitrogens with one attached hydrogen (secondary N) is 1. The number of pyridine rings is 1. The maximum absolute atomic E-state index is 13.3. The molecule has 0 atom stereocenters. The fraction of sp³-hybridized carbons (Fsp3) is 0.280. The van der Waals surface area contributed by atoms with E-state index in [2.05, 4.69) is 19.1 Å². The summed E-state index contributed by atoms with van der Waals surface area (Å²) in [6, 6.07) is 11.5. The van der Waals surface area contributed by atoms with Gasteiger partial charge in [-0.1, -0.05) is 6.07 Å². The van der Waals surface area contributed by atoms with Crippen LogP contribution >= 0.6 is 11.5 Å². The summed E-state index contributed by atoms with van der Waals surface area (Å²) in [6.07, 6.45) is -3.34. The monoisotopic (exact) mass is 594 g/mol. The molecule has 212 valence electrons. The molecule has 0 bridgehead atoms. The topological polar surface area (TPSA) is 118 Å². The Balaban J connectivity index is 0.00000387. The second-order valence-electron chi connectivity index (χ2n) is 8.91. The Labute approximate surface area is 233 Å². The molecule has 1 amide bonds. The molecule has 0 aliphatic carbocycles. The third-order valence-electron chi connectivity index (χ3n) is 6.28. The predicted octanol–water partition coefficient (Wildman–Crippen LogP) is 4.19. The third-order valence-corrected chi connectivity index (χ3v) is 8.49. The van der Waals surface area contributed by atoms with Crippen molar-refractivity contribution in [3.63, 3.8) is 0 Å². The molecule has 1 N–H and O–H groups in total. The van der Waals surface area contributed by atoms with Gasteiger partial charge in [-0.2, -0.15) is 17.5 Å². The maximum atomic E-state index is 13.3. The van der Waals surface area contributed by atoms with Crippen LogP contribution in [0.5, 0.6) is 5.75 Å². The molecule has 1 fully saturated rings. The first-order valence-corrected chi connectivity index (χ1v) is 14.3. The van der Waals surface area contributed by atoms with Gasteiger partial charge in [-0.05, 0) is 49.4 Å². The minimum atomic E-state index is -4.56. The van der Waals surface area contributed by atoms with Gasteiger partial charge >= 0.3 is 6.18 Å². The first kappa shape index (κ1) is 27.6. The van der Waals surface area contributed by atoms with Crippen LogP contribution in [0.25, 0.3) is 10.9 Å². The summed E-state index contributed by atoms with van der Waals surface area (Å²) >= 11 is 0.959. The number of aromatic nitrogens is 3. The van der Waals surface area contributed by atoms with Crippen LogP contribution in [0.2, 0.25) is 0 Å². The molecule has 5 rings (SSSR count). The zero-order chi connectivity index (χ0) is 28.5. The first-order valence-electron chi connectivity index (χ1n) is 12.0. The number of sulfonamides is 1. The normalized spacial score (nSPS) is 14.4. The van der Waals surface area contributed by atoms with Crippen LogP contribution in [0.4, 0.5) is 24.0 Å². The van der Waals surface area contributed by atoms with E-state index in [-0.39, 0.29) is 40.6 Å². The standard InChI is InChI=1S/C25H23F3N6O4S2.H2/c1-16-30-24(39-31-16)32-40(36,37)18-7-5-17(6-8-18)33-11-13-34(14-12-33)22(35)15-38-21-9-10-29-23-19(21)3-2-4-20(23)25(26,27)28;/h2-10H,11-15H2,1H3,(H,30,31,32);1H. The number of anilines is 2. The Bertz CT molecular complexity index is 1640. The third kappa shape index (κ3) is 5.94. The number of alkyl halides is 3. The molecular weight excluding hydrogens is 569 g/mol. The van der Waals surface area contributed by atoms with Crippen molar-refractivity contribution in [1.29, 1.82) is 0 Å². The highest BCUT2D eigenvalue weighted by Crippen LogP contribution is 2.36. The van der Waals surface area contributed by atoms with Gasteiger partial charge in [0.1, 0.15) is 11.6 Å². The van der Waals surface area contributed by atoms with Crippen LogP contribution in [0, 0.1) is 6.92 Å². The molecule has 4 aromatic rings. The number of para-hydroxylation sites is 1. The van der Waals surface area contributed by atoms with Crippen molar-refractivity contribution in [1.82, 2.24) is 19.2 Å². The van der Waals surface area contributed by atoms with Crippen LogP contribution < -0.4 is 14.4 Å². The van der Waals surface area contributed by atoms with Gasteiger partial charge in [-0.15, -0.1) is 0 Å². The fourth-order valence-corrected chi connectivity index (χ4v) is 6.10. The number of nitrogens with zero attached hydrogens (tertiary/aromatic N) is 5. The minimum absolute atomic E-state index is 0. The van der Waals surface area contributed by atoms with Gasteiger partial charge in [0.05, 0.1) is 16.0 Å². The highest BCUT2D eigenvalue weighted by atomic mass is 32.2. The van der Waals surface area contributed by atoms with E-state index in [1.165, 1.54) is 36.5 Å². The van der Waals surface area contributed by atoms with E-state index < -0.39 is 21.8 Å². The summed E-state index contributed by atoms with van der Waals surface area (Å²) in [5.74, 6) is 0.331. The van der Waals surface area contributed by atoms with Gasteiger partial charge in [0.2, 0.25) is 5.13 Å². The van der Waals surface area contributed by atoms with Crippen LogP contribution in [-0.2, 0) is 21.0 Å². The smallest absolute Gasteiger partial charge is 0.418 e. The van der Waals surface area contributed by atoms with E-state index in [0.717, 1.165) is 23.3 Å². The van der Waals surface area contributed by atoms with Gasteiger partial charge in [-0.25, -0.2) is 13.4 Å². The molecule has 2 aromatic heterocycles. The van der Waals surface area contributed by atoms with Gasteiger partial charge in [-0.3, -0.25) is 14.5 Å². The van der Waals surface area contributed by atoms with E-state index in [4.69, 9.17) is 4.74 Å². The van der Waals surface area contributed by atoms with Crippen LogP contribution in [-0.4, -0.2) is 66.4 Å². The number of aryl methyl sites for hydroxylation is 1. The maximum Gasteiger partial charge on any atom is 0.418 e. The molecule has 15 heteroatoms. The average Bonchev–Trinajstić information content (AvgIpc) is 3.34. The highest BCUT2D eigenvalue weighted by molar-refractivity contribution is 7.93. The van der Waals surface area contributed by atoms with Crippen molar-refractivity contribution in [2.75, 3.05) is 42.4 Å². The molecule has 1 saturated heterocycles. The average molecular weight is 595 g/mol. The number of ether oxygens (including phenoxy) is 1.